The molecule has 0 amide bonds. The minimum atomic E-state index is -0.240. The highest BCUT2D eigenvalue weighted by atomic mass is 19.1. The van der Waals surface area contributed by atoms with Gasteiger partial charge in [0, 0.05) is 24.8 Å². The summed E-state index contributed by atoms with van der Waals surface area (Å²) >= 11 is 0. The number of nitrogens with one attached hydrogen (secondary N) is 1. The minimum absolute atomic E-state index is 0.0409. The summed E-state index contributed by atoms with van der Waals surface area (Å²) < 4.78 is 24.4. The first-order valence-corrected chi connectivity index (χ1v) is 6.72. The molecule has 0 aliphatic rings. The van der Waals surface area contributed by atoms with E-state index in [0.29, 0.717) is 11.3 Å². The van der Waals surface area contributed by atoms with Gasteiger partial charge in [0.1, 0.15) is 11.6 Å². The van der Waals surface area contributed by atoms with E-state index >= 15 is 0 Å². The Morgan fingerprint density at radius 2 is 2.05 bits per heavy atom. The monoisotopic (exact) mass is 269 g/mol. The van der Waals surface area contributed by atoms with E-state index in [-0.39, 0.29) is 18.0 Å². The van der Waals surface area contributed by atoms with E-state index in [0.717, 1.165) is 19.4 Å². The molecule has 0 spiro atoms. The first-order valence-electron chi connectivity index (χ1n) is 6.72. The highest BCUT2D eigenvalue weighted by Crippen LogP contribution is 2.25. The number of rotatable bonds is 8. The van der Waals surface area contributed by atoms with Gasteiger partial charge in [-0.25, -0.2) is 4.39 Å². The summed E-state index contributed by atoms with van der Waals surface area (Å²) in [7, 11) is 3.21. The van der Waals surface area contributed by atoms with E-state index in [1.165, 1.54) is 13.2 Å². The second-order valence-electron chi connectivity index (χ2n) is 4.68. The Morgan fingerprint density at radius 1 is 1.32 bits per heavy atom. The van der Waals surface area contributed by atoms with Crippen LogP contribution in [0.5, 0.6) is 5.75 Å². The molecule has 0 fully saturated rings. The third kappa shape index (κ3) is 4.80. The molecule has 0 heterocycles. The lowest BCUT2D eigenvalue weighted by Crippen LogP contribution is -2.26. The van der Waals surface area contributed by atoms with Crippen LogP contribution in [-0.2, 0) is 4.74 Å². The predicted octanol–water partition coefficient (Wildman–Crippen LogP) is 3.30. The molecule has 2 atom stereocenters. The molecule has 0 radical (unpaired) electrons. The van der Waals surface area contributed by atoms with Crippen molar-refractivity contribution in [3.63, 3.8) is 0 Å². The number of benzene rings is 1. The third-order valence-corrected chi connectivity index (χ3v) is 3.19. The highest BCUT2D eigenvalue weighted by molar-refractivity contribution is 5.31. The first kappa shape index (κ1) is 15.9. The SMILES string of the molecule is CCCNC(CC(C)OC)c1ccc(OC)cc1F. The lowest BCUT2D eigenvalue weighted by Gasteiger charge is -2.22. The molecule has 1 aromatic carbocycles. The largest absolute Gasteiger partial charge is 0.497 e. The molecule has 0 bridgehead atoms. The van der Waals surface area contributed by atoms with Gasteiger partial charge < -0.3 is 14.8 Å². The average Bonchev–Trinajstić information content (AvgIpc) is 2.43. The van der Waals surface area contributed by atoms with Crippen molar-refractivity contribution in [1.29, 1.82) is 0 Å². The molecule has 0 aliphatic carbocycles. The van der Waals surface area contributed by atoms with E-state index in [1.54, 1.807) is 19.2 Å². The smallest absolute Gasteiger partial charge is 0.131 e. The Balaban J connectivity index is 2.89. The van der Waals surface area contributed by atoms with E-state index in [9.17, 15) is 4.39 Å². The lowest BCUT2D eigenvalue weighted by atomic mass is 10.00. The Bertz CT molecular complexity index is 384. The van der Waals surface area contributed by atoms with Gasteiger partial charge in [0.2, 0.25) is 0 Å². The summed E-state index contributed by atoms with van der Waals surface area (Å²) in [5, 5.41) is 3.37. The van der Waals surface area contributed by atoms with Gasteiger partial charge in [-0.1, -0.05) is 13.0 Å². The van der Waals surface area contributed by atoms with Gasteiger partial charge in [-0.3, -0.25) is 0 Å². The Labute approximate surface area is 115 Å². The van der Waals surface area contributed by atoms with Crippen molar-refractivity contribution in [3.8, 4) is 5.75 Å². The number of hydrogen-bond acceptors (Lipinski definition) is 3. The number of ether oxygens (including phenoxy) is 2. The highest BCUT2D eigenvalue weighted by Gasteiger charge is 2.18. The summed E-state index contributed by atoms with van der Waals surface area (Å²) in [5.74, 6) is 0.298. The second-order valence-corrected chi connectivity index (χ2v) is 4.68. The van der Waals surface area contributed by atoms with Crippen LogP contribution < -0.4 is 10.1 Å². The van der Waals surface area contributed by atoms with Gasteiger partial charge in [-0.2, -0.15) is 0 Å². The number of hydrogen-bond donors (Lipinski definition) is 1. The van der Waals surface area contributed by atoms with Crippen LogP contribution in [0.25, 0.3) is 0 Å². The van der Waals surface area contributed by atoms with Crippen molar-refractivity contribution in [2.45, 2.75) is 38.8 Å². The Kier molecular flexibility index (Phi) is 6.81. The molecule has 108 valence electrons. The zero-order valence-corrected chi connectivity index (χ0v) is 12.2. The van der Waals surface area contributed by atoms with Crippen LogP contribution >= 0.6 is 0 Å². The molecule has 1 rings (SSSR count). The predicted molar refractivity (Wildman–Crippen MR) is 75.1 cm³/mol. The van der Waals surface area contributed by atoms with Crippen LogP contribution in [0.1, 0.15) is 38.3 Å². The van der Waals surface area contributed by atoms with Crippen molar-refractivity contribution in [2.75, 3.05) is 20.8 Å². The molecule has 1 aromatic rings. The van der Waals surface area contributed by atoms with Gasteiger partial charge in [0.25, 0.3) is 0 Å². The minimum Gasteiger partial charge on any atom is -0.497 e. The van der Waals surface area contributed by atoms with Gasteiger partial charge >= 0.3 is 0 Å². The van der Waals surface area contributed by atoms with Crippen LogP contribution in [0, 0.1) is 5.82 Å². The second kappa shape index (κ2) is 8.12. The molecule has 3 nitrogen and oxygen atoms in total. The van der Waals surface area contributed by atoms with Gasteiger partial charge in [-0.15, -0.1) is 0 Å². The van der Waals surface area contributed by atoms with Crippen LogP contribution in [0.2, 0.25) is 0 Å². The maximum Gasteiger partial charge on any atom is 0.131 e. The molecular weight excluding hydrogens is 245 g/mol. The van der Waals surface area contributed by atoms with E-state index in [1.807, 2.05) is 6.92 Å². The maximum atomic E-state index is 14.1. The van der Waals surface area contributed by atoms with Crippen LogP contribution in [0.15, 0.2) is 18.2 Å². The number of methoxy groups -OCH3 is 2. The lowest BCUT2D eigenvalue weighted by molar-refractivity contribution is 0.0999. The van der Waals surface area contributed by atoms with Crippen molar-refractivity contribution in [3.05, 3.63) is 29.6 Å². The summed E-state index contributed by atoms with van der Waals surface area (Å²) in [6.07, 6.45) is 1.82. The number of halogens is 1. The Morgan fingerprint density at radius 3 is 2.58 bits per heavy atom. The molecule has 4 heteroatoms. The molecule has 19 heavy (non-hydrogen) atoms. The third-order valence-electron chi connectivity index (χ3n) is 3.19. The molecular formula is C15H24FNO2. The topological polar surface area (TPSA) is 30.5 Å². The normalized spacial score (nSPS) is 14.2. The van der Waals surface area contributed by atoms with Crippen molar-refractivity contribution in [1.82, 2.24) is 5.32 Å². The standard InChI is InChI=1S/C15H24FNO2/c1-5-8-17-15(9-11(2)18-3)13-7-6-12(19-4)10-14(13)16/h6-7,10-11,15,17H,5,8-9H2,1-4H3. The fourth-order valence-electron chi connectivity index (χ4n) is 1.98. The van der Waals surface area contributed by atoms with Crippen molar-refractivity contribution < 1.29 is 13.9 Å². The van der Waals surface area contributed by atoms with E-state index < -0.39 is 0 Å². The zero-order valence-electron chi connectivity index (χ0n) is 12.2. The summed E-state index contributed by atoms with van der Waals surface area (Å²) in [6, 6.07) is 4.95. The van der Waals surface area contributed by atoms with E-state index in [4.69, 9.17) is 9.47 Å². The Hall–Kier alpha value is -1.13. The van der Waals surface area contributed by atoms with Crippen molar-refractivity contribution >= 4 is 0 Å². The van der Waals surface area contributed by atoms with Crippen LogP contribution in [0.3, 0.4) is 0 Å². The fraction of sp³-hybridized carbons (Fsp3) is 0.600. The van der Waals surface area contributed by atoms with Crippen LogP contribution in [0.4, 0.5) is 4.39 Å². The quantitative estimate of drug-likeness (QED) is 0.785. The molecule has 1 N–H and O–H groups in total. The van der Waals surface area contributed by atoms with E-state index in [2.05, 4.69) is 12.2 Å². The van der Waals surface area contributed by atoms with Gasteiger partial charge in [0.15, 0.2) is 0 Å². The van der Waals surface area contributed by atoms with Gasteiger partial charge in [-0.05, 0) is 32.4 Å². The summed E-state index contributed by atoms with van der Waals surface area (Å²) in [5.41, 5.74) is 0.665. The molecule has 0 saturated heterocycles. The molecule has 0 saturated carbocycles. The van der Waals surface area contributed by atoms with Crippen molar-refractivity contribution in [2.24, 2.45) is 0 Å². The molecule has 0 aliphatic heterocycles. The average molecular weight is 269 g/mol. The molecule has 2 unspecified atom stereocenters. The van der Waals surface area contributed by atoms with Crippen LogP contribution in [-0.4, -0.2) is 26.9 Å². The molecule has 0 aromatic heterocycles. The summed E-state index contributed by atoms with van der Waals surface area (Å²) in [4.78, 5) is 0. The van der Waals surface area contributed by atoms with Gasteiger partial charge in [0.05, 0.1) is 13.2 Å². The zero-order chi connectivity index (χ0) is 14.3. The maximum absolute atomic E-state index is 14.1. The summed E-state index contributed by atoms with van der Waals surface area (Å²) in [6.45, 7) is 4.93. The first-order chi connectivity index (χ1) is 9.12. The fourth-order valence-corrected chi connectivity index (χ4v) is 1.98.